The van der Waals surface area contributed by atoms with E-state index in [0.717, 1.165) is 16.4 Å². The quantitative estimate of drug-likeness (QED) is 0.372. The Morgan fingerprint density at radius 3 is 2.54 bits per heavy atom. The zero-order valence-corrected chi connectivity index (χ0v) is 20.3. The van der Waals surface area contributed by atoms with Crippen molar-refractivity contribution in [1.82, 2.24) is 14.1 Å². The molecule has 0 radical (unpaired) electrons. The maximum absolute atomic E-state index is 13.8. The van der Waals surface area contributed by atoms with Crippen LogP contribution in [0.1, 0.15) is 5.56 Å². The van der Waals surface area contributed by atoms with Gasteiger partial charge in [0.25, 0.3) is 0 Å². The largest absolute Gasteiger partial charge is 0.507 e. The number of nitrogens with zero attached hydrogens (tertiary/aromatic N) is 3. The number of benzene rings is 3. The second-order valence-corrected chi connectivity index (χ2v) is 10.1. The molecule has 2 N–H and O–H groups in total. The number of hydrogen-bond donors (Lipinski definition) is 2. The van der Waals surface area contributed by atoms with Gasteiger partial charge in [-0.15, -0.1) is 0 Å². The molecule has 11 heteroatoms. The van der Waals surface area contributed by atoms with Crippen molar-refractivity contribution in [3.05, 3.63) is 83.3 Å². The molecule has 0 bridgehead atoms. The number of phenolic OH excluding ortho intramolecular Hbond substituents is 2. The van der Waals surface area contributed by atoms with Crippen LogP contribution in [-0.4, -0.2) is 46.9 Å². The summed E-state index contributed by atoms with van der Waals surface area (Å²) in [6.45, 7) is -0.226. The SMILES string of the molecule is COc1ccc(F)cc1CN(C)S(=O)(=O)c1cc(-c2ccnn2-c2ccccc2Cl)c(O)cc1O. The number of aromatic nitrogens is 2. The number of aromatic hydroxyl groups is 2. The first kappa shape index (κ1) is 24.5. The van der Waals surface area contributed by atoms with Crippen molar-refractivity contribution >= 4 is 21.6 Å². The molecule has 0 unspecified atom stereocenters. The standard InChI is InChI=1S/C24H21ClFN3O5S/c1-28(14-15-11-16(26)7-8-23(15)34-2)35(32,33)24-12-17(21(30)13-22(24)31)19-9-10-27-29(19)20-6-4-3-5-18(20)25/h3-13,30-31H,14H2,1-2H3. The lowest BCUT2D eigenvalue weighted by atomic mass is 10.1. The second-order valence-electron chi connectivity index (χ2n) is 7.63. The minimum absolute atomic E-state index is 0.107. The van der Waals surface area contributed by atoms with Crippen molar-refractivity contribution in [2.75, 3.05) is 14.2 Å². The van der Waals surface area contributed by atoms with Gasteiger partial charge >= 0.3 is 0 Å². The fourth-order valence-electron chi connectivity index (χ4n) is 3.66. The third-order valence-electron chi connectivity index (χ3n) is 5.40. The second kappa shape index (κ2) is 9.57. The number of rotatable bonds is 7. The Hall–Kier alpha value is -3.60. The van der Waals surface area contributed by atoms with Crippen molar-refractivity contribution < 1.29 is 27.8 Å². The predicted molar refractivity (Wildman–Crippen MR) is 129 cm³/mol. The van der Waals surface area contributed by atoms with Gasteiger partial charge in [0.2, 0.25) is 10.0 Å². The molecule has 3 aromatic carbocycles. The van der Waals surface area contributed by atoms with Gasteiger partial charge in [0.15, 0.2) is 0 Å². The van der Waals surface area contributed by atoms with E-state index in [1.807, 2.05) is 0 Å². The molecule has 0 aliphatic heterocycles. The van der Waals surface area contributed by atoms with E-state index in [0.29, 0.717) is 27.7 Å². The van der Waals surface area contributed by atoms with E-state index in [1.165, 1.54) is 43.2 Å². The normalized spacial score (nSPS) is 11.7. The first-order valence-electron chi connectivity index (χ1n) is 10.3. The van der Waals surface area contributed by atoms with Gasteiger partial charge in [0, 0.05) is 30.8 Å². The van der Waals surface area contributed by atoms with Crippen LogP contribution in [0, 0.1) is 5.82 Å². The van der Waals surface area contributed by atoms with E-state index in [2.05, 4.69) is 5.10 Å². The molecule has 0 aliphatic carbocycles. The number of ether oxygens (including phenoxy) is 1. The zero-order valence-electron chi connectivity index (χ0n) is 18.7. The van der Waals surface area contributed by atoms with Crippen LogP contribution in [0.4, 0.5) is 4.39 Å². The van der Waals surface area contributed by atoms with Crippen LogP contribution in [0.3, 0.4) is 0 Å². The highest BCUT2D eigenvalue weighted by molar-refractivity contribution is 7.89. The Morgan fingerprint density at radius 2 is 1.83 bits per heavy atom. The number of halogens is 2. The van der Waals surface area contributed by atoms with Crippen molar-refractivity contribution in [3.63, 3.8) is 0 Å². The van der Waals surface area contributed by atoms with Crippen molar-refractivity contribution in [3.8, 4) is 34.2 Å². The Bertz CT molecular complexity index is 1510. The van der Waals surface area contributed by atoms with Crippen LogP contribution in [0.15, 0.2) is 71.8 Å². The van der Waals surface area contributed by atoms with E-state index in [4.69, 9.17) is 16.3 Å². The highest BCUT2D eigenvalue weighted by atomic mass is 35.5. The highest BCUT2D eigenvalue weighted by Crippen LogP contribution is 2.39. The molecule has 35 heavy (non-hydrogen) atoms. The fraction of sp³-hybridized carbons (Fsp3) is 0.125. The van der Waals surface area contributed by atoms with Crippen LogP contribution in [0.2, 0.25) is 5.02 Å². The molecule has 182 valence electrons. The molecule has 0 saturated heterocycles. The van der Waals surface area contributed by atoms with Gasteiger partial charge in [-0.25, -0.2) is 17.5 Å². The van der Waals surface area contributed by atoms with E-state index in [1.54, 1.807) is 30.3 Å². The molecular formula is C24H21ClFN3O5S. The summed E-state index contributed by atoms with van der Waals surface area (Å²) >= 11 is 6.30. The zero-order chi connectivity index (χ0) is 25.3. The average Bonchev–Trinajstić information content (AvgIpc) is 3.28. The lowest BCUT2D eigenvalue weighted by Crippen LogP contribution is -2.27. The summed E-state index contributed by atoms with van der Waals surface area (Å²) in [4.78, 5) is -0.449. The Balaban J connectivity index is 1.77. The lowest BCUT2D eigenvalue weighted by molar-refractivity contribution is 0.395. The van der Waals surface area contributed by atoms with E-state index >= 15 is 0 Å². The maximum Gasteiger partial charge on any atom is 0.246 e. The van der Waals surface area contributed by atoms with Gasteiger partial charge in [-0.1, -0.05) is 23.7 Å². The highest BCUT2D eigenvalue weighted by Gasteiger charge is 2.28. The third-order valence-corrected chi connectivity index (χ3v) is 7.55. The smallest absolute Gasteiger partial charge is 0.246 e. The summed E-state index contributed by atoms with van der Waals surface area (Å²) in [6, 6.07) is 14.4. The van der Waals surface area contributed by atoms with Crippen LogP contribution in [0.25, 0.3) is 16.9 Å². The number of methoxy groups -OCH3 is 1. The number of para-hydroxylation sites is 1. The summed E-state index contributed by atoms with van der Waals surface area (Å²) in [7, 11) is -1.60. The molecule has 4 rings (SSSR count). The minimum Gasteiger partial charge on any atom is -0.507 e. The Kier molecular flexibility index (Phi) is 6.70. The van der Waals surface area contributed by atoms with Gasteiger partial charge in [0.05, 0.1) is 29.7 Å². The van der Waals surface area contributed by atoms with Gasteiger partial charge in [-0.05, 0) is 42.5 Å². The van der Waals surface area contributed by atoms with Crippen molar-refractivity contribution in [2.45, 2.75) is 11.4 Å². The van der Waals surface area contributed by atoms with E-state index in [9.17, 15) is 23.0 Å². The summed E-state index contributed by atoms with van der Waals surface area (Å²) in [6.07, 6.45) is 1.47. The van der Waals surface area contributed by atoms with Crippen LogP contribution in [-0.2, 0) is 16.6 Å². The molecule has 0 fully saturated rings. The molecule has 4 aromatic rings. The third kappa shape index (κ3) is 4.68. The summed E-state index contributed by atoms with van der Waals surface area (Å²) in [5, 5.41) is 25.7. The monoisotopic (exact) mass is 517 g/mol. The van der Waals surface area contributed by atoms with Gasteiger partial charge in [0.1, 0.15) is 28.0 Å². The lowest BCUT2D eigenvalue weighted by Gasteiger charge is -2.20. The molecule has 1 heterocycles. The number of sulfonamides is 1. The molecule has 8 nitrogen and oxygen atoms in total. The molecule has 1 aromatic heterocycles. The number of phenols is 2. The van der Waals surface area contributed by atoms with Gasteiger partial charge in [-0.2, -0.15) is 9.40 Å². The topological polar surface area (TPSA) is 105 Å². The summed E-state index contributed by atoms with van der Waals surface area (Å²) in [5.74, 6) is -1.24. The average molecular weight is 518 g/mol. The minimum atomic E-state index is -4.28. The molecule has 0 atom stereocenters. The van der Waals surface area contributed by atoms with Crippen LogP contribution >= 0.6 is 11.6 Å². The summed E-state index contributed by atoms with van der Waals surface area (Å²) < 4.78 is 48.2. The number of hydrogen-bond acceptors (Lipinski definition) is 6. The fourth-order valence-corrected chi connectivity index (χ4v) is 5.11. The summed E-state index contributed by atoms with van der Waals surface area (Å²) in [5.41, 5.74) is 1.27. The van der Waals surface area contributed by atoms with E-state index in [-0.39, 0.29) is 17.9 Å². The molecule has 0 spiro atoms. The van der Waals surface area contributed by atoms with Crippen molar-refractivity contribution in [2.24, 2.45) is 0 Å². The first-order valence-corrected chi connectivity index (χ1v) is 12.1. The van der Waals surface area contributed by atoms with Crippen LogP contribution < -0.4 is 4.74 Å². The first-order chi connectivity index (χ1) is 16.6. The predicted octanol–water partition coefficient (Wildman–Crippen LogP) is 4.57. The Labute approximate surface area is 206 Å². The van der Waals surface area contributed by atoms with Gasteiger partial charge < -0.3 is 14.9 Å². The molecular weight excluding hydrogens is 497 g/mol. The Morgan fingerprint density at radius 1 is 1.09 bits per heavy atom. The molecule has 0 aliphatic rings. The van der Waals surface area contributed by atoms with Gasteiger partial charge in [-0.3, -0.25) is 0 Å². The maximum atomic E-state index is 13.8. The van der Waals surface area contributed by atoms with Crippen molar-refractivity contribution in [1.29, 1.82) is 0 Å². The molecule has 0 saturated carbocycles. The molecule has 0 amide bonds. The van der Waals surface area contributed by atoms with E-state index < -0.39 is 26.5 Å². The van der Waals surface area contributed by atoms with Crippen LogP contribution in [0.5, 0.6) is 17.2 Å².